The zero-order valence-corrected chi connectivity index (χ0v) is 17.7. The maximum atomic E-state index is 12.9. The summed E-state index contributed by atoms with van der Waals surface area (Å²) in [6.07, 6.45) is 0. The van der Waals surface area contributed by atoms with E-state index in [0.717, 1.165) is 11.3 Å². The zero-order valence-electron chi connectivity index (χ0n) is 16.9. The van der Waals surface area contributed by atoms with Gasteiger partial charge in [-0.2, -0.15) is 9.40 Å². The van der Waals surface area contributed by atoms with Crippen LogP contribution in [0, 0.1) is 0 Å². The first kappa shape index (κ1) is 20.5. The molecular weight excluding hydrogens is 376 g/mol. The molecule has 1 aliphatic rings. The molecule has 8 heteroatoms. The molecule has 1 aromatic heterocycles. The molecule has 1 fully saturated rings. The monoisotopic (exact) mass is 404 g/mol. The van der Waals surface area contributed by atoms with Crippen molar-refractivity contribution in [1.29, 1.82) is 0 Å². The minimum atomic E-state index is -3.40. The Bertz CT molecular complexity index is 938. The fourth-order valence-corrected chi connectivity index (χ4v) is 4.76. The van der Waals surface area contributed by atoms with E-state index in [4.69, 9.17) is 0 Å². The Morgan fingerprint density at radius 2 is 1.68 bits per heavy atom. The first-order chi connectivity index (χ1) is 13.1. The van der Waals surface area contributed by atoms with Crippen molar-refractivity contribution in [1.82, 2.24) is 19.0 Å². The number of aromatic nitrogens is 2. The van der Waals surface area contributed by atoms with Crippen molar-refractivity contribution in [2.75, 3.05) is 26.2 Å². The molecule has 1 saturated heterocycles. The molecule has 0 aliphatic carbocycles. The summed E-state index contributed by atoms with van der Waals surface area (Å²) < 4.78 is 28.4. The van der Waals surface area contributed by atoms with Crippen molar-refractivity contribution in [2.24, 2.45) is 7.05 Å². The molecule has 1 aromatic carbocycles. The van der Waals surface area contributed by atoms with E-state index in [1.807, 2.05) is 36.4 Å². The van der Waals surface area contributed by atoms with Crippen LogP contribution in [-0.4, -0.2) is 59.5 Å². The Morgan fingerprint density at radius 1 is 1.07 bits per heavy atom. The molecular formula is C20H28N4O3S. The third kappa shape index (κ3) is 4.44. The zero-order chi connectivity index (χ0) is 20.5. The fraction of sp³-hybridized carbons (Fsp3) is 0.500. The van der Waals surface area contributed by atoms with E-state index >= 15 is 0 Å². The molecule has 0 unspecified atom stereocenters. The number of benzene rings is 1. The van der Waals surface area contributed by atoms with Crippen molar-refractivity contribution in [3.05, 3.63) is 53.3 Å². The van der Waals surface area contributed by atoms with Crippen molar-refractivity contribution < 1.29 is 13.2 Å². The van der Waals surface area contributed by atoms with Gasteiger partial charge in [0, 0.05) is 38.6 Å². The smallest absolute Gasteiger partial charge is 0.272 e. The molecule has 0 N–H and O–H groups in total. The third-order valence-corrected chi connectivity index (χ3v) is 6.83. The first-order valence-corrected chi connectivity index (χ1v) is 11.0. The molecule has 28 heavy (non-hydrogen) atoms. The van der Waals surface area contributed by atoms with Gasteiger partial charge < -0.3 is 4.90 Å². The quantitative estimate of drug-likeness (QED) is 0.781. The van der Waals surface area contributed by atoms with Crippen LogP contribution in [0.5, 0.6) is 0 Å². The molecule has 0 radical (unpaired) electrons. The van der Waals surface area contributed by atoms with Crippen LogP contribution >= 0.6 is 0 Å². The summed E-state index contributed by atoms with van der Waals surface area (Å²) in [5.74, 6) is -0.121. The van der Waals surface area contributed by atoms with Crippen molar-refractivity contribution in [3.8, 4) is 0 Å². The van der Waals surface area contributed by atoms with Gasteiger partial charge in [0.1, 0.15) is 5.69 Å². The standard InChI is InChI=1S/C20H28N4O3S/c1-20(2,3)18-14-17(22(4)21-18)19(25)23-10-12-24(13-11-23)28(26,27)15-16-8-6-5-7-9-16/h5-9,14H,10-13,15H2,1-4H3. The minimum absolute atomic E-state index is 0.0154. The molecule has 2 aromatic rings. The number of rotatable bonds is 4. The number of nitrogens with zero attached hydrogens (tertiary/aromatic N) is 4. The number of piperazine rings is 1. The van der Waals surface area contributed by atoms with Crippen LogP contribution in [-0.2, 0) is 28.2 Å². The Morgan fingerprint density at radius 3 is 2.21 bits per heavy atom. The van der Waals surface area contributed by atoms with Crippen LogP contribution in [0.2, 0.25) is 0 Å². The number of aryl methyl sites for hydroxylation is 1. The van der Waals surface area contributed by atoms with Gasteiger partial charge in [-0.25, -0.2) is 8.42 Å². The van der Waals surface area contributed by atoms with Crippen molar-refractivity contribution >= 4 is 15.9 Å². The number of hydrogen-bond donors (Lipinski definition) is 0. The lowest BCUT2D eigenvalue weighted by atomic mass is 9.92. The number of hydrogen-bond acceptors (Lipinski definition) is 4. The molecule has 0 saturated carbocycles. The summed E-state index contributed by atoms with van der Waals surface area (Å²) in [7, 11) is -1.63. The molecule has 0 spiro atoms. The van der Waals surface area contributed by atoms with E-state index in [2.05, 4.69) is 25.9 Å². The molecule has 2 heterocycles. The molecule has 7 nitrogen and oxygen atoms in total. The highest BCUT2D eigenvalue weighted by molar-refractivity contribution is 7.88. The van der Waals surface area contributed by atoms with E-state index < -0.39 is 10.0 Å². The lowest BCUT2D eigenvalue weighted by molar-refractivity contribution is 0.0686. The van der Waals surface area contributed by atoms with Gasteiger partial charge in [0.15, 0.2) is 0 Å². The van der Waals surface area contributed by atoms with Gasteiger partial charge >= 0.3 is 0 Å². The van der Waals surface area contributed by atoms with E-state index in [0.29, 0.717) is 31.9 Å². The Labute approximate surface area is 167 Å². The summed E-state index contributed by atoms with van der Waals surface area (Å²) >= 11 is 0. The first-order valence-electron chi connectivity index (χ1n) is 9.43. The molecule has 0 atom stereocenters. The number of carbonyl (C=O) groups excluding carboxylic acids is 1. The van der Waals surface area contributed by atoms with Gasteiger partial charge in [0.05, 0.1) is 11.4 Å². The molecule has 1 amide bonds. The number of carbonyl (C=O) groups is 1. The number of amides is 1. The predicted molar refractivity (Wildman–Crippen MR) is 108 cm³/mol. The highest BCUT2D eigenvalue weighted by Crippen LogP contribution is 2.22. The lowest BCUT2D eigenvalue weighted by Gasteiger charge is -2.34. The van der Waals surface area contributed by atoms with Crippen LogP contribution in [0.1, 0.15) is 42.5 Å². The Hall–Kier alpha value is -2.19. The highest BCUT2D eigenvalue weighted by atomic mass is 32.2. The maximum Gasteiger partial charge on any atom is 0.272 e. The second-order valence-corrected chi connectivity index (χ2v) is 10.2. The van der Waals surface area contributed by atoms with Gasteiger partial charge in [-0.15, -0.1) is 0 Å². The van der Waals surface area contributed by atoms with E-state index in [1.165, 1.54) is 4.31 Å². The van der Waals surface area contributed by atoms with E-state index in [-0.39, 0.29) is 17.1 Å². The fourth-order valence-electron chi connectivity index (χ4n) is 3.24. The van der Waals surface area contributed by atoms with Crippen LogP contribution < -0.4 is 0 Å². The normalized spacial score (nSPS) is 16.4. The third-order valence-electron chi connectivity index (χ3n) is 4.98. The molecule has 152 valence electrons. The lowest BCUT2D eigenvalue weighted by Crippen LogP contribution is -2.51. The van der Waals surface area contributed by atoms with Crippen molar-refractivity contribution in [3.63, 3.8) is 0 Å². The maximum absolute atomic E-state index is 12.9. The minimum Gasteiger partial charge on any atom is -0.335 e. The molecule has 1 aliphatic heterocycles. The van der Waals surface area contributed by atoms with Crippen LogP contribution in [0.4, 0.5) is 0 Å². The van der Waals surface area contributed by atoms with E-state index in [9.17, 15) is 13.2 Å². The summed E-state index contributed by atoms with van der Waals surface area (Å²) in [5.41, 5.74) is 2.03. The van der Waals surface area contributed by atoms with Gasteiger partial charge in [0.2, 0.25) is 10.0 Å². The second-order valence-electron chi connectivity index (χ2n) is 8.22. The van der Waals surface area contributed by atoms with Crippen LogP contribution in [0.15, 0.2) is 36.4 Å². The molecule has 0 bridgehead atoms. The SMILES string of the molecule is Cn1nc(C(C)(C)C)cc1C(=O)N1CCN(S(=O)(=O)Cc2ccccc2)CC1. The Kier molecular flexibility index (Phi) is 5.63. The summed E-state index contributed by atoms with van der Waals surface area (Å²) in [4.78, 5) is 14.6. The number of sulfonamides is 1. The van der Waals surface area contributed by atoms with Gasteiger partial charge in [-0.05, 0) is 11.6 Å². The van der Waals surface area contributed by atoms with E-state index in [1.54, 1.807) is 16.6 Å². The average molecular weight is 405 g/mol. The van der Waals surface area contributed by atoms with Gasteiger partial charge in [-0.1, -0.05) is 51.1 Å². The Balaban J connectivity index is 1.65. The molecule has 3 rings (SSSR count). The second kappa shape index (κ2) is 7.67. The van der Waals surface area contributed by atoms with Gasteiger partial charge in [-0.3, -0.25) is 9.48 Å². The summed E-state index contributed by atoms with van der Waals surface area (Å²) in [6.45, 7) is 7.54. The van der Waals surface area contributed by atoms with Crippen LogP contribution in [0.25, 0.3) is 0 Å². The van der Waals surface area contributed by atoms with Crippen LogP contribution in [0.3, 0.4) is 0 Å². The largest absolute Gasteiger partial charge is 0.335 e. The topological polar surface area (TPSA) is 75.5 Å². The predicted octanol–water partition coefficient (Wildman–Crippen LogP) is 2.01. The average Bonchev–Trinajstić information content (AvgIpc) is 3.04. The summed E-state index contributed by atoms with van der Waals surface area (Å²) in [5, 5.41) is 4.46. The van der Waals surface area contributed by atoms with Gasteiger partial charge in [0.25, 0.3) is 5.91 Å². The highest BCUT2D eigenvalue weighted by Gasteiger charge is 2.31. The summed E-state index contributed by atoms with van der Waals surface area (Å²) in [6, 6.07) is 11.0. The van der Waals surface area contributed by atoms with Crippen molar-refractivity contribution in [2.45, 2.75) is 31.9 Å².